The van der Waals surface area contributed by atoms with E-state index in [1.807, 2.05) is 12.1 Å². The molecule has 1 aromatic carbocycles. The first kappa shape index (κ1) is 17.4. The number of urea groups is 1. The predicted molar refractivity (Wildman–Crippen MR) is 94.0 cm³/mol. The Morgan fingerprint density at radius 1 is 1.24 bits per heavy atom. The third-order valence-corrected chi connectivity index (χ3v) is 4.69. The van der Waals surface area contributed by atoms with E-state index in [2.05, 4.69) is 10.6 Å². The molecule has 0 aromatic heterocycles. The average Bonchev–Trinajstić information content (AvgIpc) is 3.02. The number of carbonyl (C=O) groups is 2. The lowest BCUT2D eigenvalue weighted by molar-refractivity contribution is 0.140. The molecule has 1 aliphatic carbocycles. The largest absolute Gasteiger partial charge is 0.497 e. The molecule has 2 aliphatic rings. The van der Waals surface area contributed by atoms with Gasteiger partial charge in [0.25, 0.3) is 0 Å². The van der Waals surface area contributed by atoms with Crippen molar-refractivity contribution in [3.8, 4) is 5.75 Å². The Morgan fingerprint density at radius 3 is 2.64 bits per heavy atom. The van der Waals surface area contributed by atoms with Crippen LogP contribution in [0, 0.1) is 0 Å². The fourth-order valence-corrected chi connectivity index (χ4v) is 3.29. The molecule has 2 fully saturated rings. The van der Waals surface area contributed by atoms with E-state index in [4.69, 9.17) is 9.47 Å². The summed E-state index contributed by atoms with van der Waals surface area (Å²) in [5.41, 5.74) is 0.750. The van der Waals surface area contributed by atoms with Crippen LogP contribution in [0.5, 0.6) is 5.75 Å². The van der Waals surface area contributed by atoms with Crippen LogP contribution in [-0.2, 0) is 4.74 Å². The van der Waals surface area contributed by atoms with Gasteiger partial charge in [-0.1, -0.05) is 19.3 Å². The second-order valence-electron chi connectivity index (χ2n) is 6.50. The number of cyclic esters (lactones) is 1. The van der Waals surface area contributed by atoms with Gasteiger partial charge in [0, 0.05) is 11.7 Å². The van der Waals surface area contributed by atoms with E-state index in [1.165, 1.54) is 19.3 Å². The highest BCUT2D eigenvalue weighted by molar-refractivity contribution is 5.89. The van der Waals surface area contributed by atoms with Crippen molar-refractivity contribution in [3.05, 3.63) is 24.3 Å². The van der Waals surface area contributed by atoms with E-state index in [1.54, 1.807) is 24.1 Å². The molecule has 1 aromatic rings. The van der Waals surface area contributed by atoms with Crippen molar-refractivity contribution in [2.24, 2.45) is 0 Å². The highest BCUT2D eigenvalue weighted by atomic mass is 16.6. The molecule has 136 valence electrons. The zero-order chi connectivity index (χ0) is 17.6. The van der Waals surface area contributed by atoms with Gasteiger partial charge in [0.15, 0.2) is 0 Å². The number of nitrogens with zero attached hydrogens (tertiary/aromatic N) is 1. The minimum absolute atomic E-state index is 0.189. The van der Waals surface area contributed by atoms with Crippen molar-refractivity contribution in [3.63, 3.8) is 0 Å². The van der Waals surface area contributed by atoms with E-state index < -0.39 is 6.09 Å². The van der Waals surface area contributed by atoms with Crippen LogP contribution in [0.15, 0.2) is 24.3 Å². The lowest BCUT2D eigenvalue weighted by Gasteiger charge is -2.23. The average molecular weight is 347 g/mol. The molecule has 1 aliphatic heterocycles. The van der Waals surface area contributed by atoms with Crippen LogP contribution in [0.1, 0.15) is 32.1 Å². The Morgan fingerprint density at radius 2 is 1.96 bits per heavy atom. The minimum atomic E-state index is -0.398. The molecule has 0 spiro atoms. The van der Waals surface area contributed by atoms with Crippen LogP contribution in [0.4, 0.5) is 15.3 Å². The minimum Gasteiger partial charge on any atom is -0.497 e. The monoisotopic (exact) mass is 347 g/mol. The zero-order valence-electron chi connectivity index (χ0n) is 14.5. The Hall–Kier alpha value is -2.44. The summed E-state index contributed by atoms with van der Waals surface area (Å²) in [6.07, 6.45) is 4.91. The van der Waals surface area contributed by atoms with Gasteiger partial charge >= 0.3 is 12.1 Å². The fourth-order valence-electron chi connectivity index (χ4n) is 3.29. The Bertz CT molecular complexity index is 599. The summed E-state index contributed by atoms with van der Waals surface area (Å²) in [6.45, 7) is 0.714. The Labute approximate surface area is 147 Å². The number of benzene rings is 1. The van der Waals surface area contributed by atoms with Gasteiger partial charge in [-0.2, -0.15) is 0 Å². The fraction of sp³-hybridized carbons (Fsp3) is 0.556. The maximum atomic E-state index is 12.0. The molecule has 0 radical (unpaired) electrons. The lowest BCUT2D eigenvalue weighted by atomic mass is 9.96. The maximum absolute atomic E-state index is 12.0. The Kier molecular flexibility index (Phi) is 5.63. The summed E-state index contributed by atoms with van der Waals surface area (Å²) in [6, 6.07) is 7.29. The first-order chi connectivity index (χ1) is 12.2. The molecule has 7 nitrogen and oxygen atoms in total. The molecule has 3 rings (SSSR count). The van der Waals surface area contributed by atoms with Crippen molar-refractivity contribution >= 4 is 17.8 Å². The number of anilines is 1. The van der Waals surface area contributed by atoms with Crippen molar-refractivity contribution in [2.75, 3.05) is 25.1 Å². The van der Waals surface area contributed by atoms with Gasteiger partial charge in [-0.15, -0.1) is 0 Å². The van der Waals surface area contributed by atoms with Crippen LogP contribution in [-0.4, -0.2) is 44.5 Å². The standard InChI is InChI=1S/C18H25N3O4/c1-24-15-9-7-14(8-10-15)21-12-16(25-18(21)23)11-19-17(22)20-13-5-3-2-4-6-13/h7-10,13,16H,2-6,11-12H2,1H3,(H2,19,20,22)/t16-/m1/s1. The van der Waals surface area contributed by atoms with Crippen LogP contribution >= 0.6 is 0 Å². The van der Waals surface area contributed by atoms with Crippen LogP contribution in [0.25, 0.3) is 0 Å². The van der Waals surface area contributed by atoms with Crippen molar-refractivity contribution < 1.29 is 19.1 Å². The second-order valence-corrected chi connectivity index (χ2v) is 6.50. The van der Waals surface area contributed by atoms with Gasteiger partial charge in [0.2, 0.25) is 0 Å². The molecule has 0 unspecified atom stereocenters. The summed E-state index contributed by atoms with van der Waals surface area (Å²) >= 11 is 0. The SMILES string of the molecule is COc1ccc(N2C[C@@H](CNC(=O)NC3CCCCC3)OC2=O)cc1. The molecular formula is C18H25N3O4. The lowest BCUT2D eigenvalue weighted by Crippen LogP contribution is -2.45. The van der Waals surface area contributed by atoms with Crippen molar-refractivity contribution in [1.29, 1.82) is 0 Å². The number of nitrogens with one attached hydrogen (secondary N) is 2. The van der Waals surface area contributed by atoms with Gasteiger partial charge in [0.05, 0.1) is 20.2 Å². The zero-order valence-corrected chi connectivity index (χ0v) is 14.5. The van der Waals surface area contributed by atoms with E-state index in [0.29, 0.717) is 13.1 Å². The summed E-state index contributed by atoms with van der Waals surface area (Å²) in [5.74, 6) is 0.730. The highest BCUT2D eigenvalue weighted by Gasteiger charge is 2.32. The van der Waals surface area contributed by atoms with Gasteiger partial charge in [-0.3, -0.25) is 4.90 Å². The summed E-state index contributed by atoms with van der Waals surface area (Å²) in [5, 5.41) is 5.80. The van der Waals surface area contributed by atoms with Crippen LogP contribution in [0.3, 0.4) is 0 Å². The van der Waals surface area contributed by atoms with Gasteiger partial charge in [-0.25, -0.2) is 9.59 Å². The summed E-state index contributed by atoms with van der Waals surface area (Å²) in [7, 11) is 1.60. The topological polar surface area (TPSA) is 79.9 Å². The van der Waals surface area contributed by atoms with Gasteiger partial charge < -0.3 is 20.1 Å². The molecule has 3 amide bonds. The number of hydrogen-bond acceptors (Lipinski definition) is 4. The van der Waals surface area contributed by atoms with E-state index in [-0.39, 0.29) is 18.2 Å². The number of rotatable bonds is 5. The molecule has 7 heteroatoms. The number of amides is 3. The van der Waals surface area contributed by atoms with Crippen LogP contribution in [0.2, 0.25) is 0 Å². The van der Waals surface area contributed by atoms with Crippen LogP contribution < -0.4 is 20.3 Å². The Balaban J connectivity index is 1.46. The molecular weight excluding hydrogens is 322 g/mol. The first-order valence-electron chi connectivity index (χ1n) is 8.82. The highest BCUT2D eigenvalue weighted by Crippen LogP contribution is 2.24. The van der Waals surface area contributed by atoms with Gasteiger partial charge in [0.1, 0.15) is 11.9 Å². The number of ether oxygens (including phenoxy) is 2. The summed E-state index contributed by atoms with van der Waals surface area (Å²) in [4.78, 5) is 25.6. The normalized spacial score (nSPS) is 20.9. The first-order valence-corrected chi connectivity index (χ1v) is 8.82. The third kappa shape index (κ3) is 4.55. The van der Waals surface area contributed by atoms with E-state index in [0.717, 1.165) is 24.3 Å². The maximum Gasteiger partial charge on any atom is 0.414 e. The summed E-state index contributed by atoms with van der Waals surface area (Å²) < 4.78 is 10.5. The van der Waals surface area contributed by atoms with Crippen molar-refractivity contribution in [2.45, 2.75) is 44.2 Å². The molecule has 2 N–H and O–H groups in total. The second kappa shape index (κ2) is 8.09. The van der Waals surface area contributed by atoms with E-state index in [9.17, 15) is 9.59 Å². The van der Waals surface area contributed by atoms with E-state index >= 15 is 0 Å². The molecule has 1 atom stereocenters. The van der Waals surface area contributed by atoms with Crippen molar-refractivity contribution in [1.82, 2.24) is 10.6 Å². The number of hydrogen-bond donors (Lipinski definition) is 2. The third-order valence-electron chi connectivity index (χ3n) is 4.69. The predicted octanol–water partition coefficient (Wildman–Crippen LogP) is 2.65. The number of carbonyl (C=O) groups excluding carboxylic acids is 2. The molecule has 25 heavy (non-hydrogen) atoms. The quantitative estimate of drug-likeness (QED) is 0.858. The van der Waals surface area contributed by atoms with Gasteiger partial charge in [-0.05, 0) is 37.1 Å². The molecule has 1 saturated heterocycles. The molecule has 0 bridgehead atoms. The molecule has 1 saturated carbocycles. The number of methoxy groups -OCH3 is 1. The molecule has 1 heterocycles. The smallest absolute Gasteiger partial charge is 0.414 e.